The normalized spacial score (nSPS) is 14.2. The minimum atomic E-state index is -0.511. The van der Waals surface area contributed by atoms with Crippen LogP contribution in [0.5, 0.6) is 0 Å². The van der Waals surface area contributed by atoms with E-state index < -0.39 is 11.7 Å². The summed E-state index contributed by atoms with van der Waals surface area (Å²) in [5, 5.41) is 0. The SMILES string of the molecule is CC[C@@H](NNC(=O)OC(C)(C)C)[C@@H](C)OCc1ccccc1. The van der Waals surface area contributed by atoms with Gasteiger partial charge in [0.2, 0.25) is 0 Å². The molecular formula is C17H28N2O3. The molecule has 1 rings (SSSR count). The van der Waals surface area contributed by atoms with Crippen LogP contribution in [0.4, 0.5) is 4.79 Å². The van der Waals surface area contributed by atoms with Crippen LogP contribution < -0.4 is 10.9 Å². The van der Waals surface area contributed by atoms with Gasteiger partial charge in [-0.15, -0.1) is 0 Å². The van der Waals surface area contributed by atoms with E-state index in [0.29, 0.717) is 6.61 Å². The maximum atomic E-state index is 11.6. The zero-order chi connectivity index (χ0) is 16.6. The number of rotatable bonds is 7. The van der Waals surface area contributed by atoms with E-state index in [-0.39, 0.29) is 12.1 Å². The van der Waals surface area contributed by atoms with E-state index in [1.807, 2.05) is 65.0 Å². The summed E-state index contributed by atoms with van der Waals surface area (Å²) in [5.41, 5.74) is 6.17. The molecule has 1 aromatic carbocycles. The van der Waals surface area contributed by atoms with Gasteiger partial charge in [-0.05, 0) is 39.7 Å². The van der Waals surface area contributed by atoms with Gasteiger partial charge in [0.25, 0.3) is 0 Å². The van der Waals surface area contributed by atoms with Gasteiger partial charge in [-0.2, -0.15) is 0 Å². The third-order valence-electron chi connectivity index (χ3n) is 3.12. The van der Waals surface area contributed by atoms with Gasteiger partial charge in [-0.3, -0.25) is 5.43 Å². The van der Waals surface area contributed by atoms with Crippen LogP contribution in [0.3, 0.4) is 0 Å². The van der Waals surface area contributed by atoms with E-state index in [4.69, 9.17) is 9.47 Å². The predicted molar refractivity (Wildman–Crippen MR) is 87.3 cm³/mol. The Bertz CT molecular complexity index is 443. The standard InChI is InChI=1S/C17H28N2O3/c1-6-15(18-19-16(20)22-17(3,4)5)13(2)21-12-14-10-8-7-9-11-14/h7-11,13,15,18H,6,12H2,1-5H3,(H,19,20)/t13-,15-/m1/s1. The Morgan fingerprint density at radius 2 is 1.86 bits per heavy atom. The molecule has 2 atom stereocenters. The van der Waals surface area contributed by atoms with Gasteiger partial charge in [0, 0.05) is 0 Å². The lowest BCUT2D eigenvalue weighted by Crippen LogP contribution is -2.50. The lowest BCUT2D eigenvalue weighted by atomic mass is 10.1. The van der Waals surface area contributed by atoms with Crippen molar-refractivity contribution in [2.75, 3.05) is 0 Å². The number of carbonyl (C=O) groups is 1. The molecule has 0 unspecified atom stereocenters. The van der Waals surface area contributed by atoms with Crippen molar-refractivity contribution in [3.05, 3.63) is 35.9 Å². The molecule has 2 N–H and O–H groups in total. The molecule has 0 spiro atoms. The highest BCUT2D eigenvalue weighted by Gasteiger charge is 2.19. The summed E-state index contributed by atoms with van der Waals surface area (Å²) in [4.78, 5) is 11.6. The Labute approximate surface area is 133 Å². The Morgan fingerprint density at radius 1 is 1.23 bits per heavy atom. The quantitative estimate of drug-likeness (QED) is 0.758. The number of amides is 1. The van der Waals surface area contributed by atoms with Gasteiger partial charge < -0.3 is 9.47 Å². The van der Waals surface area contributed by atoms with Crippen molar-refractivity contribution in [2.24, 2.45) is 0 Å². The number of nitrogens with one attached hydrogen (secondary N) is 2. The van der Waals surface area contributed by atoms with Crippen molar-refractivity contribution >= 4 is 6.09 Å². The maximum Gasteiger partial charge on any atom is 0.422 e. The molecule has 0 radical (unpaired) electrons. The summed E-state index contributed by atoms with van der Waals surface area (Å²) in [6, 6.07) is 10.0. The van der Waals surface area contributed by atoms with E-state index in [1.165, 1.54) is 0 Å². The monoisotopic (exact) mass is 308 g/mol. The van der Waals surface area contributed by atoms with Crippen LogP contribution in [0.1, 0.15) is 46.6 Å². The van der Waals surface area contributed by atoms with E-state index in [1.54, 1.807) is 0 Å². The highest BCUT2D eigenvalue weighted by molar-refractivity contribution is 5.67. The molecule has 0 heterocycles. The van der Waals surface area contributed by atoms with E-state index in [2.05, 4.69) is 10.9 Å². The van der Waals surface area contributed by atoms with E-state index >= 15 is 0 Å². The average Bonchev–Trinajstić information content (AvgIpc) is 2.45. The fraction of sp³-hybridized carbons (Fsp3) is 0.588. The van der Waals surface area contributed by atoms with Crippen LogP contribution in [-0.4, -0.2) is 23.8 Å². The molecule has 124 valence electrons. The zero-order valence-corrected chi connectivity index (χ0v) is 14.2. The number of hydrazine groups is 1. The Hall–Kier alpha value is -1.59. The van der Waals surface area contributed by atoms with E-state index in [0.717, 1.165) is 12.0 Å². The fourth-order valence-corrected chi connectivity index (χ4v) is 1.92. The van der Waals surface area contributed by atoms with E-state index in [9.17, 15) is 4.79 Å². The molecule has 0 bridgehead atoms. The van der Waals surface area contributed by atoms with Crippen molar-refractivity contribution in [1.29, 1.82) is 0 Å². The minimum Gasteiger partial charge on any atom is -0.443 e. The smallest absolute Gasteiger partial charge is 0.422 e. The predicted octanol–water partition coefficient (Wildman–Crippen LogP) is 3.40. The lowest BCUT2D eigenvalue weighted by Gasteiger charge is -2.26. The van der Waals surface area contributed by atoms with Gasteiger partial charge in [0.1, 0.15) is 5.60 Å². The van der Waals surface area contributed by atoms with Gasteiger partial charge in [-0.25, -0.2) is 10.2 Å². The van der Waals surface area contributed by atoms with Gasteiger partial charge in [0.15, 0.2) is 0 Å². The molecule has 0 aliphatic heterocycles. The van der Waals surface area contributed by atoms with Crippen LogP contribution in [0.2, 0.25) is 0 Å². The summed E-state index contributed by atoms with van der Waals surface area (Å²) >= 11 is 0. The Morgan fingerprint density at radius 3 is 2.41 bits per heavy atom. The zero-order valence-electron chi connectivity index (χ0n) is 14.2. The molecule has 1 amide bonds. The Kier molecular flexibility index (Phi) is 7.35. The first-order valence-corrected chi connectivity index (χ1v) is 7.72. The number of hydrogen-bond donors (Lipinski definition) is 2. The minimum absolute atomic E-state index is 0.0104. The van der Waals surface area contributed by atoms with Crippen LogP contribution in [0.25, 0.3) is 0 Å². The molecule has 0 fully saturated rings. The lowest BCUT2D eigenvalue weighted by molar-refractivity contribution is 0.0168. The molecule has 0 aliphatic carbocycles. The number of hydrogen-bond acceptors (Lipinski definition) is 4. The fourth-order valence-electron chi connectivity index (χ4n) is 1.92. The molecule has 22 heavy (non-hydrogen) atoms. The topological polar surface area (TPSA) is 59.6 Å². The van der Waals surface area contributed by atoms with Crippen LogP contribution >= 0.6 is 0 Å². The molecule has 1 aromatic rings. The highest BCUT2D eigenvalue weighted by Crippen LogP contribution is 2.09. The second-order valence-electron chi connectivity index (χ2n) is 6.29. The summed E-state index contributed by atoms with van der Waals surface area (Å²) in [6.07, 6.45) is 0.299. The van der Waals surface area contributed by atoms with Crippen molar-refractivity contribution in [3.63, 3.8) is 0 Å². The first-order chi connectivity index (χ1) is 10.3. The van der Waals surface area contributed by atoms with Crippen molar-refractivity contribution in [3.8, 4) is 0 Å². The van der Waals surface area contributed by atoms with Crippen LogP contribution in [0.15, 0.2) is 30.3 Å². The number of carbonyl (C=O) groups excluding carboxylic acids is 1. The first kappa shape index (κ1) is 18.5. The third-order valence-corrected chi connectivity index (χ3v) is 3.12. The highest BCUT2D eigenvalue weighted by atomic mass is 16.6. The molecule has 5 heteroatoms. The van der Waals surface area contributed by atoms with Gasteiger partial charge in [-0.1, -0.05) is 37.3 Å². The van der Waals surface area contributed by atoms with Crippen molar-refractivity contribution in [1.82, 2.24) is 10.9 Å². The molecule has 0 saturated heterocycles. The average molecular weight is 308 g/mol. The first-order valence-electron chi connectivity index (χ1n) is 7.72. The summed E-state index contributed by atoms with van der Waals surface area (Å²) < 4.78 is 11.0. The molecule has 0 aliphatic rings. The number of benzene rings is 1. The largest absolute Gasteiger partial charge is 0.443 e. The van der Waals surface area contributed by atoms with Crippen LogP contribution in [0, 0.1) is 0 Å². The van der Waals surface area contributed by atoms with Crippen molar-refractivity contribution in [2.45, 2.75) is 65.4 Å². The summed E-state index contributed by atoms with van der Waals surface area (Å²) in [6.45, 7) is 10.1. The maximum absolute atomic E-state index is 11.6. The number of ether oxygens (including phenoxy) is 2. The molecule has 0 aromatic heterocycles. The second kappa shape index (κ2) is 8.76. The Balaban J connectivity index is 2.38. The summed E-state index contributed by atoms with van der Waals surface area (Å²) in [7, 11) is 0. The van der Waals surface area contributed by atoms with Crippen LogP contribution in [-0.2, 0) is 16.1 Å². The molecule has 0 saturated carbocycles. The second-order valence-corrected chi connectivity index (χ2v) is 6.29. The molecule has 5 nitrogen and oxygen atoms in total. The molecular weight excluding hydrogens is 280 g/mol. The van der Waals surface area contributed by atoms with Gasteiger partial charge >= 0.3 is 6.09 Å². The van der Waals surface area contributed by atoms with Gasteiger partial charge in [0.05, 0.1) is 18.8 Å². The van der Waals surface area contributed by atoms with Crippen molar-refractivity contribution < 1.29 is 14.3 Å². The third kappa shape index (κ3) is 7.43. The summed E-state index contributed by atoms with van der Waals surface area (Å²) in [5.74, 6) is 0.